The van der Waals surface area contributed by atoms with Crippen molar-refractivity contribution >= 4 is 43.9 Å². The number of carbonyl (C=O) groups excluding carboxylic acids is 1. The van der Waals surface area contributed by atoms with Gasteiger partial charge in [-0.3, -0.25) is 4.79 Å². The summed E-state index contributed by atoms with van der Waals surface area (Å²) >= 11 is 3.41. The van der Waals surface area contributed by atoms with Crippen molar-refractivity contribution in [2.24, 2.45) is 0 Å². The van der Waals surface area contributed by atoms with E-state index in [0.29, 0.717) is 12.3 Å². The zero-order valence-electron chi connectivity index (χ0n) is 15.1. The van der Waals surface area contributed by atoms with Crippen molar-refractivity contribution < 1.29 is 4.79 Å². The Morgan fingerprint density at radius 1 is 1.15 bits per heavy atom. The van der Waals surface area contributed by atoms with Crippen molar-refractivity contribution in [3.05, 3.63) is 46.2 Å². The lowest BCUT2D eigenvalue weighted by Gasteiger charge is -2.34. The van der Waals surface area contributed by atoms with Crippen LogP contribution in [-0.2, 0) is 11.2 Å². The predicted octanol–water partition coefficient (Wildman–Crippen LogP) is 4.37. The van der Waals surface area contributed by atoms with E-state index in [0.717, 1.165) is 41.7 Å². The number of para-hydroxylation sites is 1. The van der Waals surface area contributed by atoms with Crippen LogP contribution in [0.2, 0.25) is 0 Å². The molecule has 0 aliphatic carbocycles. The largest absolute Gasteiger partial charge is 0.345 e. The summed E-state index contributed by atoms with van der Waals surface area (Å²) in [4.78, 5) is 22.9. The maximum absolute atomic E-state index is 12.5. The van der Waals surface area contributed by atoms with Crippen LogP contribution in [0.1, 0.15) is 30.2 Å². The highest BCUT2D eigenvalue weighted by Crippen LogP contribution is 2.33. The second-order valence-corrected chi connectivity index (χ2v) is 9.01. The molecule has 1 fully saturated rings. The third-order valence-electron chi connectivity index (χ3n) is 4.87. The number of rotatable bonds is 4. The molecule has 0 saturated carbocycles. The summed E-state index contributed by atoms with van der Waals surface area (Å²) in [6, 6.07) is 10.5. The smallest absolute Gasteiger partial charge is 0.227 e. The molecule has 136 valence electrons. The van der Waals surface area contributed by atoms with Gasteiger partial charge in [0.15, 0.2) is 5.13 Å². The van der Waals surface area contributed by atoms with Crippen molar-refractivity contribution in [3.8, 4) is 0 Å². The SMILES string of the molecule is CC(C)c1cccc2sc(N3CCN(C(=O)Cc4cccs4)CC3)nc12. The normalized spacial score (nSPS) is 15.2. The fourth-order valence-electron chi connectivity index (χ4n) is 3.38. The summed E-state index contributed by atoms with van der Waals surface area (Å²) in [5, 5.41) is 3.11. The average Bonchev–Trinajstić information content (AvgIpc) is 3.30. The molecule has 6 heteroatoms. The maximum Gasteiger partial charge on any atom is 0.227 e. The summed E-state index contributed by atoms with van der Waals surface area (Å²) < 4.78 is 1.25. The minimum atomic E-state index is 0.235. The van der Waals surface area contributed by atoms with Crippen LogP contribution in [0, 0.1) is 0 Å². The molecule has 4 rings (SSSR count). The fourth-order valence-corrected chi connectivity index (χ4v) is 5.13. The van der Waals surface area contributed by atoms with Gasteiger partial charge in [-0.05, 0) is 29.0 Å². The van der Waals surface area contributed by atoms with E-state index in [2.05, 4.69) is 36.9 Å². The molecule has 0 bridgehead atoms. The van der Waals surface area contributed by atoms with Crippen molar-refractivity contribution in [1.29, 1.82) is 0 Å². The first-order chi connectivity index (χ1) is 12.6. The summed E-state index contributed by atoms with van der Waals surface area (Å²) in [5.74, 6) is 0.707. The Kier molecular flexibility index (Phi) is 4.96. The molecule has 1 aromatic carbocycles. The number of piperazine rings is 1. The van der Waals surface area contributed by atoms with E-state index in [4.69, 9.17) is 4.98 Å². The Morgan fingerprint density at radius 3 is 2.65 bits per heavy atom. The highest BCUT2D eigenvalue weighted by atomic mass is 32.1. The number of carbonyl (C=O) groups is 1. The molecule has 26 heavy (non-hydrogen) atoms. The number of hydrogen-bond acceptors (Lipinski definition) is 5. The molecule has 1 aliphatic rings. The molecule has 1 saturated heterocycles. The molecule has 0 unspecified atom stereocenters. The Labute approximate surface area is 162 Å². The standard InChI is InChI=1S/C20H23N3OS2/c1-14(2)16-6-3-7-17-19(16)21-20(26-17)23-10-8-22(9-11-23)18(24)13-15-5-4-12-25-15/h3-7,12,14H,8-11,13H2,1-2H3. The number of nitrogens with zero attached hydrogens (tertiary/aromatic N) is 3. The van der Waals surface area contributed by atoms with Gasteiger partial charge in [-0.15, -0.1) is 11.3 Å². The molecule has 1 aliphatic heterocycles. The van der Waals surface area contributed by atoms with E-state index in [1.807, 2.05) is 22.4 Å². The summed E-state index contributed by atoms with van der Waals surface area (Å²) in [5.41, 5.74) is 2.45. The predicted molar refractivity (Wildman–Crippen MR) is 111 cm³/mol. The lowest BCUT2D eigenvalue weighted by molar-refractivity contribution is -0.130. The molecule has 2 aromatic heterocycles. The van der Waals surface area contributed by atoms with E-state index in [1.165, 1.54) is 10.3 Å². The number of thiophene rings is 1. The van der Waals surface area contributed by atoms with Gasteiger partial charge in [0.25, 0.3) is 0 Å². The van der Waals surface area contributed by atoms with Crippen LogP contribution < -0.4 is 4.90 Å². The number of aromatic nitrogens is 1. The first-order valence-electron chi connectivity index (χ1n) is 9.06. The van der Waals surface area contributed by atoms with Crippen LogP contribution in [-0.4, -0.2) is 42.0 Å². The van der Waals surface area contributed by atoms with Crippen molar-refractivity contribution in [1.82, 2.24) is 9.88 Å². The van der Waals surface area contributed by atoms with Crippen LogP contribution in [0.4, 0.5) is 5.13 Å². The monoisotopic (exact) mass is 385 g/mol. The second-order valence-electron chi connectivity index (χ2n) is 6.97. The molecule has 3 heterocycles. The molecular formula is C20H23N3OS2. The number of benzene rings is 1. The van der Waals surface area contributed by atoms with E-state index >= 15 is 0 Å². The van der Waals surface area contributed by atoms with Crippen LogP contribution in [0.15, 0.2) is 35.7 Å². The van der Waals surface area contributed by atoms with E-state index < -0.39 is 0 Å². The quantitative estimate of drug-likeness (QED) is 0.669. The molecule has 3 aromatic rings. The van der Waals surface area contributed by atoms with Gasteiger partial charge in [0.2, 0.25) is 5.91 Å². The molecule has 4 nitrogen and oxygen atoms in total. The number of amides is 1. The van der Waals surface area contributed by atoms with Crippen LogP contribution in [0.5, 0.6) is 0 Å². The first-order valence-corrected chi connectivity index (χ1v) is 10.8. The molecular weight excluding hydrogens is 362 g/mol. The van der Waals surface area contributed by atoms with E-state index in [9.17, 15) is 4.79 Å². The number of thiazole rings is 1. The number of anilines is 1. The Balaban J connectivity index is 1.44. The zero-order valence-corrected chi connectivity index (χ0v) is 16.8. The van der Waals surface area contributed by atoms with Gasteiger partial charge >= 0.3 is 0 Å². The minimum Gasteiger partial charge on any atom is -0.345 e. The molecule has 1 amide bonds. The van der Waals surface area contributed by atoms with Crippen LogP contribution >= 0.6 is 22.7 Å². The van der Waals surface area contributed by atoms with Gasteiger partial charge in [-0.2, -0.15) is 0 Å². The second kappa shape index (κ2) is 7.37. The number of hydrogen-bond donors (Lipinski definition) is 0. The topological polar surface area (TPSA) is 36.4 Å². The van der Waals surface area contributed by atoms with Crippen molar-refractivity contribution in [2.45, 2.75) is 26.2 Å². The third kappa shape index (κ3) is 3.48. The van der Waals surface area contributed by atoms with Gasteiger partial charge in [-0.25, -0.2) is 4.98 Å². The highest BCUT2D eigenvalue weighted by molar-refractivity contribution is 7.22. The van der Waals surface area contributed by atoms with Crippen molar-refractivity contribution in [3.63, 3.8) is 0 Å². The number of fused-ring (bicyclic) bond motifs is 1. The lowest BCUT2D eigenvalue weighted by Crippen LogP contribution is -2.49. The third-order valence-corrected chi connectivity index (χ3v) is 6.83. The summed E-state index contributed by atoms with van der Waals surface area (Å²) in [7, 11) is 0. The Morgan fingerprint density at radius 2 is 1.96 bits per heavy atom. The van der Waals surface area contributed by atoms with Crippen molar-refractivity contribution in [2.75, 3.05) is 31.1 Å². The van der Waals surface area contributed by atoms with E-state index in [-0.39, 0.29) is 5.91 Å². The molecule has 0 N–H and O–H groups in total. The van der Waals surface area contributed by atoms with E-state index in [1.54, 1.807) is 22.7 Å². The van der Waals surface area contributed by atoms with Gasteiger partial charge < -0.3 is 9.80 Å². The summed E-state index contributed by atoms with van der Waals surface area (Å²) in [6.45, 7) is 7.69. The molecule has 0 radical (unpaired) electrons. The summed E-state index contributed by atoms with van der Waals surface area (Å²) in [6.07, 6.45) is 0.524. The van der Waals surface area contributed by atoms with Gasteiger partial charge in [0.05, 0.1) is 16.6 Å². The Bertz CT molecular complexity index is 893. The highest BCUT2D eigenvalue weighted by Gasteiger charge is 2.23. The first kappa shape index (κ1) is 17.5. The van der Waals surface area contributed by atoms with Crippen LogP contribution in [0.3, 0.4) is 0 Å². The molecule has 0 spiro atoms. The maximum atomic E-state index is 12.5. The molecule has 0 atom stereocenters. The zero-order chi connectivity index (χ0) is 18.1. The lowest BCUT2D eigenvalue weighted by atomic mass is 10.0. The van der Waals surface area contributed by atoms with Gasteiger partial charge in [0, 0.05) is 31.1 Å². The van der Waals surface area contributed by atoms with Gasteiger partial charge in [0.1, 0.15) is 0 Å². The Hall–Kier alpha value is -1.92. The fraction of sp³-hybridized carbons (Fsp3) is 0.400. The minimum absolute atomic E-state index is 0.235. The van der Waals surface area contributed by atoms with Crippen LogP contribution in [0.25, 0.3) is 10.2 Å². The van der Waals surface area contributed by atoms with Gasteiger partial charge in [-0.1, -0.05) is 43.4 Å². The average molecular weight is 386 g/mol.